The van der Waals surface area contributed by atoms with Crippen LogP contribution in [0.4, 0.5) is 0 Å². The fourth-order valence-corrected chi connectivity index (χ4v) is 11.8. The summed E-state index contributed by atoms with van der Waals surface area (Å²) in [6.45, 7) is 43.8. The number of hydrogen-bond acceptors (Lipinski definition) is 2. The molecular weight excluding hydrogens is 997 g/mol. The number of aromatic nitrogens is 4. The zero-order chi connectivity index (χ0) is 59.0. The van der Waals surface area contributed by atoms with Gasteiger partial charge in [-0.05, 0) is 162 Å². The van der Waals surface area contributed by atoms with Crippen LogP contribution in [0, 0.1) is 6.33 Å². The molecule has 10 aromatic rings. The minimum Gasteiger partial charge on any atom is -0.458 e. The fourth-order valence-electron chi connectivity index (χ4n) is 11.8. The van der Waals surface area contributed by atoms with Crippen molar-refractivity contribution in [2.75, 3.05) is 0 Å². The van der Waals surface area contributed by atoms with Crippen molar-refractivity contribution in [3.63, 3.8) is 0 Å². The van der Waals surface area contributed by atoms with Crippen LogP contribution in [0.15, 0.2) is 170 Å². The van der Waals surface area contributed by atoms with Crippen LogP contribution in [-0.2, 0) is 27.1 Å². The van der Waals surface area contributed by atoms with Gasteiger partial charge in [0, 0.05) is 40.1 Å². The molecule has 0 unspecified atom stereocenters. The monoisotopic (exact) mass is 1080 g/mol. The number of imidazole rings is 1. The lowest BCUT2D eigenvalue weighted by Gasteiger charge is -2.28. The van der Waals surface area contributed by atoms with Crippen molar-refractivity contribution in [3.8, 4) is 39.8 Å². The molecule has 0 saturated carbocycles. The van der Waals surface area contributed by atoms with Gasteiger partial charge in [0.15, 0.2) is 0 Å². The average Bonchev–Trinajstić information content (AvgIpc) is 2.52. The second-order valence-electron chi connectivity index (χ2n) is 28.3. The molecule has 0 bridgehead atoms. The van der Waals surface area contributed by atoms with Gasteiger partial charge in [-0.1, -0.05) is 216 Å². The number of ether oxygens (including phenoxy) is 1. The third-order valence-electron chi connectivity index (χ3n) is 17.4. The molecule has 0 amide bonds. The zero-order valence-corrected chi connectivity index (χ0v) is 52.6. The summed E-state index contributed by atoms with van der Waals surface area (Å²) in [5.41, 5.74) is 18.5. The lowest BCUT2D eigenvalue weighted by Crippen LogP contribution is -2.30. The molecule has 10 rings (SSSR count). The number of fused-ring (bicyclic) bond motifs is 3. The molecule has 0 N–H and O–H groups in total. The lowest BCUT2D eigenvalue weighted by atomic mass is 9.78. The van der Waals surface area contributed by atoms with E-state index >= 15 is 0 Å². The van der Waals surface area contributed by atoms with E-state index in [2.05, 4.69) is 316 Å². The quantitative estimate of drug-likeness (QED) is 0.0852. The van der Waals surface area contributed by atoms with Crippen molar-refractivity contribution in [2.45, 2.75) is 176 Å². The van der Waals surface area contributed by atoms with E-state index in [1.165, 1.54) is 61.0 Å². The third kappa shape index (κ3) is 11.1. The second-order valence-corrected chi connectivity index (χ2v) is 28.3. The van der Waals surface area contributed by atoms with E-state index in [0.29, 0.717) is 17.8 Å². The predicted octanol–water partition coefficient (Wildman–Crippen LogP) is 20.4. The van der Waals surface area contributed by atoms with Crippen molar-refractivity contribution in [2.24, 2.45) is 0 Å². The molecule has 0 aliphatic carbocycles. The molecule has 7 aromatic carbocycles. The minimum atomic E-state index is -0.402. The van der Waals surface area contributed by atoms with Gasteiger partial charge in [-0.3, -0.25) is 13.7 Å². The van der Waals surface area contributed by atoms with E-state index in [9.17, 15) is 0 Å². The van der Waals surface area contributed by atoms with Crippen molar-refractivity contribution in [1.82, 2.24) is 14.1 Å². The predicted molar refractivity (Wildman–Crippen MR) is 346 cm³/mol. The summed E-state index contributed by atoms with van der Waals surface area (Å²) < 4.78 is 14.1. The highest BCUT2D eigenvalue weighted by Gasteiger charge is 2.32. The summed E-state index contributed by atoms with van der Waals surface area (Å²) in [7, 11) is 0. The zero-order valence-electron chi connectivity index (χ0n) is 52.6. The summed E-state index contributed by atoms with van der Waals surface area (Å²) in [4.78, 5) is 5.24. The Kier molecular flexibility index (Phi) is 15.0. The molecule has 5 nitrogen and oxygen atoms in total. The molecule has 0 saturated heterocycles. The van der Waals surface area contributed by atoms with Gasteiger partial charge in [-0.2, -0.15) is 0 Å². The average molecular weight is 1090 g/mol. The van der Waals surface area contributed by atoms with Crippen LogP contribution < -0.4 is 9.30 Å². The molecule has 0 aliphatic heterocycles. The van der Waals surface area contributed by atoms with E-state index in [1.807, 2.05) is 6.20 Å². The minimum absolute atomic E-state index is 0.0478. The Morgan fingerprint density at radius 1 is 0.463 bits per heavy atom. The highest BCUT2D eigenvalue weighted by Crippen LogP contribution is 2.44. The molecular formula is C77H88N4O. The molecule has 0 spiro atoms. The maximum atomic E-state index is 7.25. The Labute approximate surface area is 491 Å². The van der Waals surface area contributed by atoms with Gasteiger partial charge < -0.3 is 4.74 Å². The van der Waals surface area contributed by atoms with Crippen LogP contribution in [0.25, 0.3) is 50.1 Å². The Morgan fingerprint density at radius 2 is 1.04 bits per heavy atom. The Bertz CT molecular complexity index is 3910. The molecule has 0 fully saturated rings. The molecule has 3 heterocycles. The molecule has 0 atom stereocenters. The van der Waals surface area contributed by atoms with E-state index in [0.717, 1.165) is 56.4 Å². The largest absolute Gasteiger partial charge is 0.458 e. The maximum absolute atomic E-state index is 7.25. The Morgan fingerprint density at radius 3 is 1.60 bits per heavy atom. The van der Waals surface area contributed by atoms with Crippen LogP contribution in [0.2, 0.25) is 0 Å². The molecule has 3 aromatic heterocycles. The van der Waals surface area contributed by atoms with E-state index in [1.54, 1.807) is 0 Å². The first-order valence-electron chi connectivity index (χ1n) is 29.9. The van der Waals surface area contributed by atoms with E-state index < -0.39 is 5.41 Å². The number of benzene rings is 7. The summed E-state index contributed by atoms with van der Waals surface area (Å²) in [6.07, 6.45) is 8.21. The summed E-state index contributed by atoms with van der Waals surface area (Å²) >= 11 is 0. The number of rotatable bonds is 13. The summed E-state index contributed by atoms with van der Waals surface area (Å²) in [5, 5.41) is 2.31. The van der Waals surface area contributed by atoms with Gasteiger partial charge in [0.25, 0.3) is 6.33 Å². The highest BCUT2D eigenvalue weighted by molar-refractivity contribution is 6.10. The van der Waals surface area contributed by atoms with Gasteiger partial charge >= 0.3 is 0 Å². The number of hydrogen-bond donors (Lipinski definition) is 0. The van der Waals surface area contributed by atoms with Gasteiger partial charge in [0.2, 0.25) is 0 Å². The molecule has 0 aliphatic rings. The van der Waals surface area contributed by atoms with Crippen LogP contribution in [0.1, 0.15) is 205 Å². The molecule has 0 radical (unpaired) electrons. The third-order valence-corrected chi connectivity index (χ3v) is 17.4. The van der Waals surface area contributed by atoms with Crippen molar-refractivity contribution in [1.29, 1.82) is 0 Å². The van der Waals surface area contributed by atoms with Crippen LogP contribution in [0.5, 0.6) is 11.5 Å². The first-order chi connectivity index (χ1) is 38.5. The SMILES string of the molecule is CC(C)c1cc(C(C)C)c(-c2ccnc(-n3c4ccc(C(C)(C)c5ccccc5)cc4c4ccc(Oc5cc(-n6[c-][n+](-c7cc(C(C)(C)C)cc(C(C)(C)C)c7)cc6C(C)(C)c6ccccc6)cc(C(C)(C)C)c5)cc43)c2)c(C(C)C)c1. The van der Waals surface area contributed by atoms with Gasteiger partial charge in [-0.15, -0.1) is 0 Å². The van der Waals surface area contributed by atoms with Crippen LogP contribution in [0.3, 0.4) is 0 Å². The summed E-state index contributed by atoms with van der Waals surface area (Å²) in [6, 6.07) is 58.6. The van der Waals surface area contributed by atoms with Gasteiger partial charge in [0.05, 0.1) is 28.1 Å². The standard InChI is InChI=1S/C77H88N4O/c1-49(2)53-36-65(50(3)4)72(66(37-53)51(5)6)52-34-35-78-71(38-52)81-68-33-30-56(76(16,17)54-26-22-20-23-27-54)44-67(68)64-32-31-62(46-69(64)81)82-63-43-59(75(13,14)15)42-61(45-63)80-48-79(47-70(80)77(18,19)55-28-24-21-25-29-55)60-40-57(73(7,8)9)39-58(41-60)74(10,11)12/h20-47,49-51H,1-19H3. The fraction of sp³-hybridized carbons (Fsp3) is 0.351. The number of pyridine rings is 1. The Hall–Kier alpha value is -7.50. The number of nitrogens with zero attached hydrogens (tertiary/aromatic N) is 4. The first-order valence-corrected chi connectivity index (χ1v) is 29.9. The second kappa shape index (κ2) is 21.4. The first kappa shape index (κ1) is 57.7. The van der Waals surface area contributed by atoms with E-state index in [4.69, 9.17) is 9.72 Å². The topological polar surface area (TPSA) is 35.9 Å². The van der Waals surface area contributed by atoms with Gasteiger partial charge in [0.1, 0.15) is 17.3 Å². The normalized spacial score (nSPS) is 12.9. The molecule has 82 heavy (non-hydrogen) atoms. The Balaban J connectivity index is 1.17. The van der Waals surface area contributed by atoms with Crippen LogP contribution in [-0.4, -0.2) is 14.1 Å². The maximum Gasteiger partial charge on any atom is 0.269 e. The van der Waals surface area contributed by atoms with Crippen molar-refractivity contribution in [3.05, 3.63) is 232 Å². The van der Waals surface area contributed by atoms with E-state index in [-0.39, 0.29) is 21.7 Å². The van der Waals surface area contributed by atoms with Crippen molar-refractivity contribution >= 4 is 21.8 Å². The smallest absolute Gasteiger partial charge is 0.269 e. The van der Waals surface area contributed by atoms with Gasteiger partial charge in [-0.25, -0.2) is 4.98 Å². The summed E-state index contributed by atoms with van der Waals surface area (Å²) in [5.74, 6) is 3.47. The van der Waals surface area contributed by atoms with Crippen molar-refractivity contribution < 1.29 is 9.30 Å². The molecule has 5 heteroatoms. The molecule has 422 valence electrons. The lowest BCUT2D eigenvalue weighted by molar-refractivity contribution is -0.599. The highest BCUT2D eigenvalue weighted by atomic mass is 16.5. The van der Waals surface area contributed by atoms with Crippen LogP contribution >= 0.6 is 0 Å².